The summed E-state index contributed by atoms with van der Waals surface area (Å²) in [5, 5.41) is 6.41. The number of carbonyl (C=O) groups is 1. The van der Waals surface area contributed by atoms with Gasteiger partial charge in [0.2, 0.25) is 5.91 Å². The normalized spacial score (nSPS) is 11.9. The van der Waals surface area contributed by atoms with Gasteiger partial charge in [-0.05, 0) is 36.8 Å². The number of benzene rings is 3. The van der Waals surface area contributed by atoms with Gasteiger partial charge in [-0.25, -0.2) is 4.98 Å². The average molecular weight is 415 g/mol. The van der Waals surface area contributed by atoms with Crippen molar-refractivity contribution in [1.82, 2.24) is 14.9 Å². The van der Waals surface area contributed by atoms with Crippen molar-refractivity contribution in [1.29, 1.82) is 0 Å². The summed E-state index contributed by atoms with van der Waals surface area (Å²) >= 11 is 0. The first-order valence-electron chi connectivity index (χ1n) is 10.4. The summed E-state index contributed by atoms with van der Waals surface area (Å²) < 4.78 is 7.70. The van der Waals surface area contributed by atoms with Crippen LogP contribution in [-0.4, -0.2) is 22.1 Å². The van der Waals surface area contributed by atoms with Gasteiger partial charge in [0.05, 0.1) is 29.9 Å². The predicted molar refractivity (Wildman–Crippen MR) is 123 cm³/mol. The Morgan fingerprint density at radius 3 is 2.48 bits per heavy atom. The zero-order valence-corrected chi connectivity index (χ0v) is 17.7. The molecule has 4 rings (SSSR count). The first-order chi connectivity index (χ1) is 15.2. The first kappa shape index (κ1) is 20.6. The topological polar surface area (TPSA) is 68.2 Å². The number of aryl methyl sites for hydroxylation is 1. The highest BCUT2D eigenvalue weighted by Gasteiger charge is 2.22. The number of hydrogen-bond donors (Lipinski definition) is 2. The molecular formula is C25H26N4O2. The van der Waals surface area contributed by atoms with Crippen molar-refractivity contribution in [3.63, 3.8) is 0 Å². The molecule has 0 spiro atoms. The largest absolute Gasteiger partial charge is 0.492 e. The van der Waals surface area contributed by atoms with Gasteiger partial charge in [-0.3, -0.25) is 10.1 Å². The molecule has 31 heavy (non-hydrogen) atoms. The molecule has 6 nitrogen and oxygen atoms in total. The number of amides is 1. The highest BCUT2D eigenvalue weighted by Crippen LogP contribution is 2.25. The van der Waals surface area contributed by atoms with E-state index in [0.717, 1.165) is 22.4 Å². The van der Waals surface area contributed by atoms with Crippen molar-refractivity contribution in [2.75, 3.05) is 11.9 Å². The summed E-state index contributed by atoms with van der Waals surface area (Å²) in [6, 6.07) is 24.6. The van der Waals surface area contributed by atoms with Crippen molar-refractivity contribution in [3.8, 4) is 5.75 Å². The number of ether oxygens (including phenoxy) is 1. The first-order valence-corrected chi connectivity index (χ1v) is 10.4. The maximum absolute atomic E-state index is 13.3. The van der Waals surface area contributed by atoms with Crippen LogP contribution < -0.4 is 15.4 Å². The lowest BCUT2D eigenvalue weighted by molar-refractivity contribution is -0.118. The molecule has 1 heterocycles. The maximum atomic E-state index is 13.3. The average Bonchev–Trinajstić information content (AvgIpc) is 3.12. The molecule has 0 saturated heterocycles. The number of aromatic nitrogens is 2. The van der Waals surface area contributed by atoms with E-state index in [0.29, 0.717) is 24.6 Å². The smallest absolute Gasteiger partial charge is 0.246 e. The Kier molecular flexibility index (Phi) is 6.29. The number of fused-ring (bicyclic) bond motifs is 1. The summed E-state index contributed by atoms with van der Waals surface area (Å²) in [5.41, 5.74) is 3.53. The second-order valence-electron chi connectivity index (χ2n) is 7.22. The molecule has 0 unspecified atom stereocenters. The van der Waals surface area contributed by atoms with Gasteiger partial charge in [0.15, 0.2) is 0 Å². The number of hydrogen-bond acceptors (Lipinski definition) is 4. The molecule has 0 saturated carbocycles. The maximum Gasteiger partial charge on any atom is 0.246 e. The van der Waals surface area contributed by atoms with E-state index in [2.05, 4.69) is 10.6 Å². The lowest BCUT2D eigenvalue weighted by atomic mass is 10.1. The fourth-order valence-corrected chi connectivity index (χ4v) is 3.61. The Morgan fingerprint density at radius 1 is 1.00 bits per heavy atom. The minimum atomic E-state index is -0.546. The molecule has 0 bridgehead atoms. The molecule has 3 aromatic carbocycles. The molecule has 0 fully saturated rings. The van der Waals surface area contributed by atoms with Gasteiger partial charge in [0, 0.05) is 7.05 Å². The van der Waals surface area contributed by atoms with Gasteiger partial charge in [-0.1, -0.05) is 54.6 Å². The molecular weight excluding hydrogens is 388 g/mol. The second kappa shape index (κ2) is 9.45. The van der Waals surface area contributed by atoms with Crippen LogP contribution in [0.4, 0.5) is 5.69 Å². The second-order valence-corrected chi connectivity index (χ2v) is 7.22. The highest BCUT2D eigenvalue weighted by atomic mass is 16.5. The Balaban J connectivity index is 1.57. The predicted octanol–water partition coefficient (Wildman–Crippen LogP) is 4.44. The van der Waals surface area contributed by atoms with Crippen LogP contribution in [0, 0.1) is 0 Å². The lowest BCUT2D eigenvalue weighted by Crippen LogP contribution is -2.33. The van der Waals surface area contributed by atoms with Crippen molar-refractivity contribution >= 4 is 22.6 Å². The van der Waals surface area contributed by atoms with E-state index < -0.39 is 6.04 Å². The molecule has 1 aromatic heterocycles. The summed E-state index contributed by atoms with van der Waals surface area (Å²) in [6.07, 6.45) is 0. The van der Waals surface area contributed by atoms with E-state index in [1.807, 2.05) is 97.4 Å². The van der Waals surface area contributed by atoms with Gasteiger partial charge >= 0.3 is 0 Å². The third-order valence-electron chi connectivity index (χ3n) is 5.18. The van der Waals surface area contributed by atoms with Gasteiger partial charge in [0.25, 0.3) is 0 Å². The number of carbonyl (C=O) groups excluding carboxylic acids is 1. The number of nitrogens with zero attached hydrogens (tertiary/aromatic N) is 2. The van der Waals surface area contributed by atoms with E-state index >= 15 is 0 Å². The molecule has 0 radical (unpaired) electrons. The Labute approximate surface area is 181 Å². The number of rotatable bonds is 8. The van der Waals surface area contributed by atoms with Gasteiger partial charge in [-0.15, -0.1) is 0 Å². The van der Waals surface area contributed by atoms with Crippen LogP contribution in [0.25, 0.3) is 11.0 Å². The van der Waals surface area contributed by atoms with Crippen LogP contribution in [0.2, 0.25) is 0 Å². The van der Waals surface area contributed by atoms with Crippen LogP contribution in [0.1, 0.15) is 24.4 Å². The molecule has 0 aliphatic rings. The molecule has 158 valence electrons. The van der Waals surface area contributed by atoms with Crippen molar-refractivity contribution in [3.05, 3.63) is 90.3 Å². The molecule has 0 aliphatic heterocycles. The zero-order valence-electron chi connectivity index (χ0n) is 17.7. The fourth-order valence-electron chi connectivity index (χ4n) is 3.61. The summed E-state index contributed by atoms with van der Waals surface area (Å²) in [4.78, 5) is 18.0. The monoisotopic (exact) mass is 414 g/mol. The molecule has 1 atom stereocenters. The number of imidazole rings is 1. The fraction of sp³-hybridized carbons (Fsp3) is 0.200. The number of anilines is 1. The van der Waals surface area contributed by atoms with Gasteiger partial charge < -0.3 is 14.6 Å². The van der Waals surface area contributed by atoms with E-state index in [4.69, 9.17) is 9.72 Å². The minimum Gasteiger partial charge on any atom is -0.492 e. The zero-order chi connectivity index (χ0) is 21.6. The highest BCUT2D eigenvalue weighted by molar-refractivity contribution is 5.96. The number of para-hydroxylation sites is 4. The van der Waals surface area contributed by atoms with Crippen molar-refractivity contribution in [2.24, 2.45) is 7.05 Å². The van der Waals surface area contributed by atoms with Crippen LogP contribution in [-0.2, 0) is 18.4 Å². The van der Waals surface area contributed by atoms with E-state index in [1.54, 1.807) is 0 Å². The molecule has 0 aliphatic carbocycles. The van der Waals surface area contributed by atoms with E-state index in [-0.39, 0.29) is 5.91 Å². The summed E-state index contributed by atoms with van der Waals surface area (Å²) in [5.74, 6) is 1.36. The van der Waals surface area contributed by atoms with Crippen molar-refractivity contribution in [2.45, 2.75) is 19.5 Å². The minimum absolute atomic E-state index is 0.155. The number of nitrogens with one attached hydrogen (secondary N) is 2. The SMILES string of the molecule is CCOc1ccccc1NC(=O)[C@H](NCc1nc2ccccc2n1C)c1ccccc1. The Morgan fingerprint density at radius 2 is 1.71 bits per heavy atom. The Hall–Kier alpha value is -3.64. The van der Waals surface area contributed by atoms with Crippen LogP contribution in [0.15, 0.2) is 78.9 Å². The quantitative estimate of drug-likeness (QED) is 0.447. The molecule has 6 heteroatoms. The Bertz CT molecular complexity index is 1170. The molecule has 4 aromatic rings. The van der Waals surface area contributed by atoms with Crippen molar-refractivity contribution < 1.29 is 9.53 Å². The molecule has 1 amide bonds. The van der Waals surface area contributed by atoms with Crippen LogP contribution in [0.3, 0.4) is 0 Å². The molecule has 2 N–H and O–H groups in total. The van der Waals surface area contributed by atoms with Gasteiger partial charge in [-0.2, -0.15) is 0 Å². The van der Waals surface area contributed by atoms with E-state index in [9.17, 15) is 4.79 Å². The summed E-state index contributed by atoms with van der Waals surface area (Å²) in [6.45, 7) is 2.90. The van der Waals surface area contributed by atoms with Crippen LogP contribution in [0.5, 0.6) is 5.75 Å². The lowest BCUT2D eigenvalue weighted by Gasteiger charge is -2.20. The third kappa shape index (κ3) is 4.59. The van der Waals surface area contributed by atoms with Gasteiger partial charge in [0.1, 0.15) is 17.6 Å². The summed E-state index contributed by atoms with van der Waals surface area (Å²) in [7, 11) is 1.99. The standard InChI is InChI=1S/C25H26N4O2/c1-3-31-22-16-10-8-14-20(22)28-25(30)24(18-11-5-4-6-12-18)26-17-23-27-19-13-7-9-15-21(19)29(23)2/h4-16,24,26H,3,17H2,1-2H3,(H,28,30)/t24-/m1/s1. The van der Waals surface area contributed by atoms with Crippen LogP contribution >= 0.6 is 0 Å². The third-order valence-corrected chi connectivity index (χ3v) is 5.18. The van der Waals surface area contributed by atoms with E-state index in [1.165, 1.54) is 0 Å².